The first-order chi connectivity index (χ1) is 12.7. The molecule has 1 N–H and O–H groups in total. The van der Waals surface area contributed by atoms with Crippen LogP contribution in [0.2, 0.25) is 0 Å². The summed E-state index contributed by atoms with van der Waals surface area (Å²) in [4.78, 5) is 22.9. The first-order valence-electron chi connectivity index (χ1n) is 8.28. The van der Waals surface area contributed by atoms with E-state index in [1.54, 1.807) is 19.4 Å². The number of anilines is 1. The number of carbonyl (C=O) groups excluding carboxylic acids is 1. The van der Waals surface area contributed by atoms with Gasteiger partial charge in [0.1, 0.15) is 23.8 Å². The maximum absolute atomic E-state index is 12.0. The molecule has 1 aliphatic rings. The molecule has 0 aliphatic carbocycles. The number of amides is 1. The molecule has 0 bridgehead atoms. The minimum absolute atomic E-state index is 0.00660. The number of nitrogens with one attached hydrogen (secondary N) is 1. The lowest BCUT2D eigenvalue weighted by Crippen LogP contribution is -2.32. The van der Waals surface area contributed by atoms with Crippen LogP contribution < -0.4 is 4.90 Å². The molecule has 9 heteroatoms. The predicted molar refractivity (Wildman–Crippen MR) is 94.5 cm³/mol. The second-order valence-corrected chi connectivity index (χ2v) is 6.24. The summed E-state index contributed by atoms with van der Waals surface area (Å²) in [6, 6.07) is 3.91. The van der Waals surface area contributed by atoms with Crippen LogP contribution in [0.1, 0.15) is 6.42 Å². The van der Waals surface area contributed by atoms with E-state index in [1.165, 1.54) is 4.90 Å². The van der Waals surface area contributed by atoms with Gasteiger partial charge in [-0.15, -0.1) is 5.10 Å². The van der Waals surface area contributed by atoms with Crippen molar-refractivity contribution in [2.75, 3.05) is 31.6 Å². The van der Waals surface area contributed by atoms with Crippen LogP contribution in [0.3, 0.4) is 0 Å². The molecule has 26 heavy (non-hydrogen) atoms. The summed E-state index contributed by atoms with van der Waals surface area (Å²) in [6.45, 7) is 1.32. The molecule has 9 nitrogen and oxygen atoms in total. The van der Waals surface area contributed by atoms with Crippen molar-refractivity contribution in [1.29, 1.82) is 5.26 Å². The molecule has 1 aliphatic heterocycles. The fraction of sp³-hybridized carbons (Fsp3) is 0.353. The molecule has 1 fully saturated rings. The van der Waals surface area contributed by atoms with Crippen molar-refractivity contribution in [3.05, 3.63) is 24.7 Å². The van der Waals surface area contributed by atoms with Gasteiger partial charge in [0.15, 0.2) is 0 Å². The Morgan fingerprint density at radius 2 is 2.42 bits per heavy atom. The van der Waals surface area contributed by atoms with E-state index < -0.39 is 6.09 Å². The number of hydrogen-bond donors (Lipinski definition) is 1. The van der Waals surface area contributed by atoms with Gasteiger partial charge in [0.25, 0.3) is 0 Å². The maximum atomic E-state index is 12.0. The van der Waals surface area contributed by atoms with Gasteiger partial charge in [-0.25, -0.2) is 9.78 Å². The van der Waals surface area contributed by atoms with Crippen LogP contribution in [-0.2, 0) is 4.74 Å². The van der Waals surface area contributed by atoms with Gasteiger partial charge >= 0.3 is 6.09 Å². The second-order valence-electron chi connectivity index (χ2n) is 6.24. The first-order valence-corrected chi connectivity index (χ1v) is 8.28. The van der Waals surface area contributed by atoms with E-state index in [0.717, 1.165) is 40.6 Å². The van der Waals surface area contributed by atoms with Crippen molar-refractivity contribution in [2.24, 2.45) is 0 Å². The monoisotopic (exact) mass is 351 g/mol. The third kappa shape index (κ3) is 2.75. The molecule has 1 amide bonds. The van der Waals surface area contributed by atoms with Gasteiger partial charge in [0, 0.05) is 37.0 Å². The van der Waals surface area contributed by atoms with Crippen LogP contribution >= 0.6 is 0 Å². The number of fused-ring (bicyclic) bond motifs is 3. The highest BCUT2D eigenvalue weighted by Gasteiger charge is 2.28. The van der Waals surface area contributed by atoms with E-state index >= 15 is 0 Å². The lowest BCUT2D eigenvalue weighted by atomic mass is 10.1. The molecule has 4 rings (SSSR count). The molecule has 0 spiro atoms. The lowest BCUT2D eigenvalue weighted by molar-refractivity contribution is 0.0810. The van der Waals surface area contributed by atoms with Crippen LogP contribution in [0.4, 0.5) is 10.5 Å². The first kappa shape index (κ1) is 16.1. The highest BCUT2D eigenvalue weighted by Crippen LogP contribution is 2.32. The van der Waals surface area contributed by atoms with Crippen LogP contribution in [0.15, 0.2) is 24.7 Å². The zero-order valence-electron chi connectivity index (χ0n) is 14.2. The molecule has 1 atom stereocenters. The van der Waals surface area contributed by atoms with E-state index in [4.69, 9.17) is 10.00 Å². The average Bonchev–Trinajstić information content (AvgIpc) is 3.30. The predicted octanol–water partition coefficient (Wildman–Crippen LogP) is 1.68. The molecule has 0 radical (unpaired) electrons. The minimum atomic E-state index is -0.478. The number of nitrogens with zero attached hydrogens (tertiary/aromatic N) is 6. The third-order valence-corrected chi connectivity index (χ3v) is 4.54. The molecule has 1 unspecified atom stereocenters. The number of hydrogen-bond acceptors (Lipinski definition) is 7. The van der Waals surface area contributed by atoms with Gasteiger partial charge in [-0.2, -0.15) is 10.4 Å². The van der Waals surface area contributed by atoms with Crippen LogP contribution in [0.25, 0.3) is 21.9 Å². The number of carbonyl (C=O) groups is 1. The molecular weight excluding hydrogens is 334 g/mol. The number of H-pyrrole nitrogens is 1. The van der Waals surface area contributed by atoms with Crippen molar-refractivity contribution in [2.45, 2.75) is 12.5 Å². The Hall–Kier alpha value is -3.41. The van der Waals surface area contributed by atoms with Gasteiger partial charge < -0.3 is 14.6 Å². The molecule has 132 valence electrons. The van der Waals surface area contributed by atoms with Crippen molar-refractivity contribution in [3.8, 4) is 6.07 Å². The largest absolute Gasteiger partial charge is 0.444 e. The Bertz CT molecular complexity index is 1010. The van der Waals surface area contributed by atoms with Gasteiger partial charge in [0.2, 0.25) is 0 Å². The maximum Gasteiger partial charge on any atom is 0.410 e. The topological polar surface area (TPSA) is 111 Å². The van der Waals surface area contributed by atoms with E-state index in [9.17, 15) is 4.79 Å². The highest BCUT2D eigenvalue weighted by molar-refractivity contribution is 6.09. The number of rotatable bonds is 3. The van der Waals surface area contributed by atoms with Crippen molar-refractivity contribution in [1.82, 2.24) is 25.1 Å². The molecule has 4 heterocycles. The zero-order chi connectivity index (χ0) is 18.1. The van der Waals surface area contributed by atoms with Crippen LogP contribution in [0, 0.1) is 11.3 Å². The Balaban J connectivity index is 1.59. The summed E-state index contributed by atoms with van der Waals surface area (Å²) in [5.74, 6) is 0. The SMILES string of the molecule is CN(CC#N)C(=O)OC1CCN(c2cnnc3cnc4[nH]ccc4c23)C1. The fourth-order valence-corrected chi connectivity index (χ4v) is 3.24. The summed E-state index contributed by atoms with van der Waals surface area (Å²) in [6.07, 6.45) is 5.30. The standard InChI is InChI=1S/C17H17N7O2/c1-23(7-4-18)17(25)26-11-3-6-24(10-11)14-9-21-22-13-8-20-16-12(15(13)14)2-5-19-16/h2,5,8-9,11H,3,6-7,10H2,1H3,(H,19,20). The summed E-state index contributed by atoms with van der Waals surface area (Å²) < 4.78 is 5.50. The van der Waals surface area contributed by atoms with E-state index in [-0.39, 0.29) is 12.6 Å². The van der Waals surface area contributed by atoms with Crippen molar-refractivity contribution >= 4 is 33.7 Å². The van der Waals surface area contributed by atoms with Gasteiger partial charge in [0.05, 0.1) is 30.7 Å². The number of nitriles is 1. The smallest absolute Gasteiger partial charge is 0.410 e. The normalized spacial score (nSPS) is 16.8. The molecule has 1 saturated heterocycles. The number of ether oxygens (including phenoxy) is 1. The fourth-order valence-electron chi connectivity index (χ4n) is 3.24. The van der Waals surface area contributed by atoms with Crippen LogP contribution in [-0.4, -0.2) is 63.9 Å². The number of pyridine rings is 1. The zero-order valence-corrected chi connectivity index (χ0v) is 14.2. The Kier molecular flexibility index (Phi) is 4.01. The molecule has 0 saturated carbocycles. The number of aromatic nitrogens is 4. The quantitative estimate of drug-likeness (QED) is 0.715. The van der Waals surface area contributed by atoms with E-state index in [0.29, 0.717) is 6.54 Å². The van der Waals surface area contributed by atoms with Crippen LogP contribution in [0.5, 0.6) is 0 Å². The van der Waals surface area contributed by atoms with E-state index in [1.807, 2.05) is 18.3 Å². The highest BCUT2D eigenvalue weighted by atomic mass is 16.6. The van der Waals surface area contributed by atoms with Crippen molar-refractivity contribution < 1.29 is 9.53 Å². The summed E-state index contributed by atoms with van der Waals surface area (Å²) >= 11 is 0. The Labute approximate surface area is 149 Å². The Morgan fingerprint density at radius 1 is 1.54 bits per heavy atom. The summed E-state index contributed by atoms with van der Waals surface area (Å²) in [7, 11) is 1.55. The molecule has 3 aromatic rings. The molecule has 3 aromatic heterocycles. The molecular formula is C17H17N7O2. The summed E-state index contributed by atoms with van der Waals surface area (Å²) in [5.41, 5.74) is 2.47. The van der Waals surface area contributed by atoms with Gasteiger partial charge in [-0.3, -0.25) is 4.90 Å². The number of aromatic amines is 1. The molecule has 0 aromatic carbocycles. The van der Waals surface area contributed by atoms with Crippen molar-refractivity contribution in [3.63, 3.8) is 0 Å². The third-order valence-electron chi connectivity index (χ3n) is 4.54. The van der Waals surface area contributed by atoms with E-state index in [2.05, 4.69) is 25.1 Å². The second kappa shape index (κ2) is 6.48. The lowest BCUT2D eigenvalue weighted by Gasteiger charge is -2.21. The Morgan fingerprint density at radius 3 is 3.27 bits per heavy atom. The summed E-state index contributed by atoms with van der Waals surface area (Å²) in [5, 5.41) is 18.9. The van der Waals surface area contributed by atoms with Gasteiger partial charge in [-0.1, -0.05) is 0 Å². The van der Waals surface area contributed by atoms with Gasteiger partial charge in [-0.05, 0) is 6.07 Å². The average molecular weight is 351 g/mol. The minimum Gasteiger partial charge on any atom is -0.444 e.